The third kappa shape index (κ3) is 5.68. The third-order valence-corrected chi connectivity index (χ3v) is 4.63. The van der Waals surface area contributed by atoms with Gasteiger partial charge in [-0.15, -0.1) is 0 Å². The van der Waals surface area contributed by atoms with Gasteiger partial charge < -0.3 is 9.47 Å². The summed E-state index contributed by atoms with van der Waals surface area (Å²) in [5.74, 6) is -0.411. The van der Waals surface area contributed by atoms with E-state index in [9.17, 15) is 17.6 Å². The van der Waals surface area contributed by atoms with E-state index in [2.05, 4.69) is 4.98 Å². The molecule has 0 aliphatic heterocycles. The number of hydrogen-bond donors (Lipinski definition) is 0. The van der Waals surface area contributed by atoms with E-state index in [-0.39, 0.29) is 17.2 Å². The number of aromatic nitrogens is 1. The molecule has 0 N–H and O–H groups in total. The Balaban J connectivity index is 2.12. The van der Waals surface area contributed by atoms with Crippen LogP contribution in [0.15, 0.2) is 30.5 Å². The number of alkyl halides is 3. The highest BCUT2D eigenvalue weighted by Gasteiger charge is 2.40. The van der Waals surface area contributed by atoms with Gasteiger partial charge in [-0.3, -0.25) is 0 Å². The van der Waals surface area contributed by atoms with E-state index in [1.807, 2.05) is 22.6 Å². The van der Waals surface area contributed by atoms with E-state index < -0.39 is 24.5 Å². The number of nitrogens with zero attached hydrogens (tertiary/aromatic N) is 1. The Kier molecular flexibility index (Phi) is 6.86. The second-order valence-electron chi connectivity index (χ2n) is 5.11. The Labute approximate surface area is 160 Å². The zero-order chi connectivity index (χ0) is 18.6. The molecular weight excluding hydrogens is 477 g/mol. The molecule has 2 aromatic rings. The number of ether oxygens (including phenoxy) is 2. The zero-order valence-electron chi connectivity index (χ0n) is 12.9. The molecule has 0 bridgehead atoms. The van der Waals surface area contributed by atoms with Gasteiger partial charge in [0.05, 0.1) is 18.7 Å². The smallest absolute Gasteiger partial charge is 0.414 e. The van der Waals surface area contributed by atoms with Crippen molar-refractivity contribution in [3.63, 3.8) is 0 Å². The minimum absolute atomic E-state index is 0.145. The zero-order valence-corrected chi connectivity index (χ0v) is 15.8. The van der Waals surface area contributed by atoms with Crippen molar-refractivity contribution in [1.29, 1.82) is 0 Å². The Hall–Kier alpha value is -1.13. The Morgan fingerprint density at radius 1 is 1.28 bits per heavy atom. The number of hydrogen-bond acceptors (Lipinski definition) is 3. The largest absolute Gasteiger partial charge is 0.481 e. The van der Waals surface area contributed by atoms with Crippen LogP contribution < -0.4 is 4.74 Å². The minimum atomic E-state index is -4.60. The average molecular weight is 490 g/mol. The molecule has 1 aromatic heterocycles. The molecule has 1 unspecified atom stereocenters. The fraction of sp³-hybridized carbons (Fsp3) is 0.312. The lowest BCUT2D eigenvalue weighted by atomic mass is 10.1. The predicted molar refractivity (Wildman–Crippen MR) is 93.3 cm³/mol. The number of halogens is 6. The summed E-state index contributed by atoms with van der Waals surface area (Å²) >= 11 is 7.51. The molecule has 0 saturated carbocycles. The highest BCUT2D eigenvalue weighted by atomic mass is 127. The summed E-state index contributed by atoms with van der Waals surface area (Å²) in [6, 6.07) is 5.13. The van der Waals surface area contributed by atoms with Gasteiger partial charge in [-0.1, -0.05) is 17.7 Å². The summed E-state index contributed by atoms with van der Waals surface area (Å²) in [5, 5.41) is -0.146. The van der Waals surface area contributed by atoms with Crippen molar-refractivity contribution >= 4 is 34.2 Å². The van der Waals surface area contributed by atoms with Crippen LogP contribution in [0.1, 0.15) is 11.1 Å². The first-order valence-electron chi connectivity index (χ1n) is 7.01. The normalized spacial score (nSPS) is 12.9. The van der Waals surface area contributed by atoms with Crippen molar-refractivity contribution in [3.05, 3.63) is 56.0 Å². The molecule has 0 amide bonds. The molecule has 1 heterocycles. The maximum absolute atomic E-state index is 13.4. The summed E-state index contributed by atoms with van der Waals surface area (Å²) in [4.78, 5) is 3.95. The monoisotopic (exact) mass is 489 g/mol. The number of pyridine rings is 1. The van der Waals surface area contributed by atoms with Gasteiger partial charge in [0.25, 0.3) is 0 Å². The fourth-order valence-electron chi connectivity index (χ4n) is 2.00. The van der Waals surface area contributed by atoms with Crippen molar-refractivity contribution in [3.8, 4) is 5.88 Å². The van der Waals surface area contributed by atoms with Crippen molar-refractivity contribution < 1.29 is 27.0 Å². The molecule has 0 spiro atoms. The van der Waals surface area contributed by atoms with Crippen LogP contribution in [0.3, 0.4) is 0 Å². The van der Waals surface area contributed by atoms with Gasteiger partial charge in [0.15, 0.2) is 6.10 Å². The molecule has 136 valence electrons. The summed E-state index contributed by atoms with van der Waals surface area (Å²) in [5.41, 5.74) is 0.643. The summed E-state index contributed by atoms with van der Waals surface area (Å²) in [6.07, 6.45) is -5.79. The van der Waals surface area contributed by atoms with Crippen LogP contribution in [0.25, 0.3) is 0 Å². The SMILES string of the molecule is COc1cc(I)c(COC(Cc2ccc(Cl)c(F)c2)C(F)(F)F)cn1. The average Bonchev–Trinajstić information content (AvgIpc) is 2.54. The van der Waals surface area contributed by atoms with Crippen LogP contribution in [-0.2, 0) is 17.8 Å². The standard InChI is InChI=1S/C16H13ClF4INO2/c1-24-15-6-13(22)10(7-23-15)8-25-14(16(19,20)21)5-9-2-3-11(17)12(18)4-9/h2-4,6-7,14H,5,8H2,1H3. The van der Waals surface area contributed by atoms with E-state index in [0.29, 0.717) is 15.0 Å². The van der Waals surface area contributed by atoms with Crippen LogP contribution in [0, 0.1) is 9.39 Å². The molecule has 1 aromatic carbocycles. The van der Waals surface area contributed by atoms with Gasteiger partial charge in [0.1, 0.15) is 5.82 Å². The quantitative estimate of drug-likeness (QED) is 0.414. The lowest BCUT2D eigenvalue weighted by Crippen LogP contribution is -2.33. The Morgan fingerprint density at radius 2 is 2.00 bits per heavy atom. The van der Waals surface area contributed by atoms with E-state index in [1.165, 1.54) is 25.4 Å². The molecule has 0 aliphatic rings. The van der Waals surface area contributed by atoms with Crippen molar-refractivity contribution in [1.82, 2.24) is 4.98 Å². The van der Waals surface area contributed by atoms with E-state index in [4.69, 9.17) is 21.1 Å². The number of benzene rings is 1. The maximum atomic E-state index is 13.4. The van der Waals surface area contributed by atoms with Gasteiger partial charge in [-0.2, -0.15) is 13.2 Å². The first-order chi connectivity index (χ1) is 11.7. The first-order valence-corrected chi connectivity index (χ1v) is 8.47. The van der Waals surface area contributed by atoms with Crippen LogP contribution in [-0.4, -0.2) is 24.4 Å². The fourth-order valence-corrected chi connectivity index (χ4v) is 2.68. The minimum Gasteiger partial charge on any atom is -0.481 e. The third-order valence-electron chi connectivity index (χ3n) is 3.32. The molecule has 0 radical (unpaired) electrons. The Morgan fingerprint density at radius 3 is 2.56 bits per heavy atom. The molecule has 3 nitrogen and oxygen atoms in total. The van der Waals surface area contributed by atoms with Crippen molar-refractivity contribution in [2.24, 2.45) is 0 Å². The second-order valence-corrected chi connectivity index (χ2v) is 6.68. The highest BCUT2D eigenvalue weighted by molar-refractivity contribution is 14.1. The lowest BCUT2D eigenvalue weighted by Gasteiger charge is -2.21. The van der Waals surface area contributed by atoms with E-state index in [0.717, 1.165) is 6.07 Å². The van der Waals surface area contributed by atoms with Gasteiger partial charge in [-0.25, -0.2) is 9.37 Å². The van der Waals surface area contributed by atoms with Crippen LogP contribution in [0.5, 0.6) is 5.88 Å². The van der Waals surface area contributed by atoms with Crippen molar-refractivity contribution in [2.45, 2.75) is 25.3 Å². The Bertz CT molecular complexity index is 743. The summed E-state index contributed by atoms with van der Waals surface area (Å²) < 4.78 is 63.8. The lowest BCUT2D eigenvalue weighted by molar-refractivity contribution is -0.223. The molecular formula is C16H13ClF4INO2. The molecule has 0 saturated heterocycles. The van der Waals surface area contributed by atoms with Gasteiger partial charge >= 0.3 is 6.18 Å². The summed E-state index contributed by atoms with van der Waals surface area (Å²) in [6.45, 7) is -0.282. The topological polar surface area (TPSA) is 31.4 Å². The van der Waals surface area contributed by atoms with Crippen LogP contribution in [0.2, 0.25) is 5.02 Å². The second kappa shape index (κ2) is 8.50. The van der Waals surface area contributed by atoms with Gasteiger partial charge in [0, 0.05) is 27.8 Å². The molecule has 2 rings (SSSR count). The number of methoxy groups -OCH3 is 1. The number of rotatable bonds is 6. The highest BCUT2D eigenvalue weighted by Crippen LogP contribution is 2.28. The van der Waals surface area contributed by atoms with Gasteiger partial charge in [-0.05, 0) is 40.3 Å². The van der Waals surface area contributed by atoms with E-state index in [1.54, 1.807) is 6.07 Å². The molecule has 0 fully saturated rings. The first kappa shape index (κ1) is 20.2. The molecule has 0 aliphatic carbocycles. The van der Waals surface area contributed by atoms with Crippen LogP contribution >= 0.6 is 34.2 Å². The molecule has 9 heteroatoms. The van der Waals surface area contributed by atoms with Crippen LogP contribution in [0.4, 0.5) is 17.6 Å². The molecule has 1 atom stereocenters. The predicted octanol–water partition coefficient (Wildman–Crippen LogP) is 5.18. The summed E-state index contributed by atoms with van der Waals surface area (Å²) in [7, 11) is 1.44. The van der Waals surface area contributed by atoms with E-state index >= 15 is 0 Å². The van der Waals surface area contributed by atoms with Crippen molar-refractivity contribution in [2.75, 3.05) is 7.11 Å². The van der Waals surface area contributed by atoms with Gasteiger partial charge in [0.2, 0.25) is 5.88 Å². The maximum Gasteiger partial charge on any atom is 0.414 e. The molecule has 25 heavy (non-hydrogen) atoms.